The van der Waals surface area contributed by atoms with Gasteiger partial charge in [0.1, 0.15) is 12.0 Å². The SMILES string of the molecule is C=Cc1cc(OC)ccc1C[C@H](C=O)CC. The maximum absolute atomic E-state index is 10.8. The zero-order valence-electron chi connectivity index (χ0n) is 9.90. The van der Waals surface area contributed by atoms with Crippen LogP contribution in [0.15, 0.2) is 24.8 Å². The number of hydrogen-bond acceptors (Lipinski definition) is 2. The molecular formula is C14H18O2. The van der Waals surface area contributed by atoms with E-state index in [2.05, 4.69) is 6.58 Å². The third kappa shape index (κ3) is 2.96. The molecule has 0 heterocycles. The molecule has 16 heavy (non-hydrogen) atoms. The second-order valence-corrected chi connectivity index (χ2v) is 3.78. The normalized spacial score (nSPS) is 11.9. The molecule has 0 unspecified atom stereocenters. The predicted octanol–water partition coefficient (Wildman–Crippen LogP) is 3.11. The van der Waals surface area contributed by atoms with Gasteiger partial charge in [-0.3, -0.25) is 0 Å². The third-order valence-corrected chi connectivity index (χ3v) is 2.77. The fourth-order valence-corrected chi connectivity index (χ4v) is 1.65. The Labute approximate surface area is 96.9 Å². The summed E-state index contributed by atoms with van der Waals surface area (Å²) in [7, 11) is 1.64. The van der Waals surface area contributed by atoms with Crippen LogP contribution in [0.25, 0.3) is 6.08 Å². The molecule has 0 aliphatic heterocycles. The van der Waals surface area contributed by atoms with Crippen LogP contribution in [0.1, 0.15) is 24.5 Å². The molecule has 0 bridgehead atoms. The van der Waals surface area contributed by atoms with Gasteiger partial charge in [-0.1, -0.05) is 25.6 Å². The van der Waals surface area contributed by atoms with Crippen molar-refractivity contribution in [3.05, 3.63) is 35.9 Å². The molecule has 1 aromatic carbocycles. The summed E-state index contributed by atoms with van der Waals surface area (Å²) in [6, 6.07) is 5.86. The number of carbonyl (C=O) groups is 1. The smallest absolute Gasteiger partial charge is 0.123 e. The second-order valence-electron chi connectivity index (χ2n) is 3.78. The highest BCUT2D eigenvalue weighted by molar-refractivity contribution is 5.58. The zero-order valence-corrected chi connectivity index (χ0v) is 9.90. The van der Waals surface area contributed by atoms with Crippen molar-refractivity contribution in [2.24, 2.45) is 5.92 Å². The minimum atomic E-state index is 0.0899. The molecule has 0 spiro atoms. The molecule has 86 valence electrons. The molecular weight excluding hydrogens is 200 g/mol. The third-order valence-electron chi connectivity index (χ3n) is 2.77. The van der Waals surface area contributed by atoms with E-state index < -0.39 is 0 Å². The van der Waals surface area contributed by atoms with E-state index >= 15 is 0 Å². The van der Waals surface area contributed by atoms with Crippen molar-refractivity contribution in [2.75, 3.05) is 7.11 Å². The van der Waals surface area contributed by atoms with Crippen LogP contribution in [0.3, 0.4) is 0 Å². The van der Waals surface area contributed by atoms with E-state index in [1.165, 1.54) is 0 Å². The number of methoxy groups -OCH3 is 1. The van der Waals surface area contributed by atoms with E-state index in [1.807, 2.05) is 25.1 Å². The summed E-state index contributed by atoms with van der Waals surface area (Å²) in [5.41, 5.74) is 2.19. The monoisotopic (exact) mass is 218 g/mol. The van der Waals surface area contributed by atoms with Crippen LogP contribution in [-0.4, -0.2) is 13.4 Å². The number of hydrogen-bond donors (Lipinski definition) is 0. The van der Waals surface area contributed by atoms with Gasteiger partial charge >= 0.3 is 0 Å². The van der Waals surface area contributed by atoms with E-state index in [-0.39, 0.29) is 5.92 Å². The quantitative estimate of drug-likeness (QED) is 0.686. The average Bonchev–Trinajstić information content (AvgIpc) is 2.35. The van der Waals surface area contributed by atoms with E-state index in [4.69, 9.17) is 4.74 Å². The molecule has 0 saturated carbocycles. The molecule has 0 aliphatic rings. The molecule has 1 atom stereocenters. The first-order valence-electron chi connectivity index (χ1n) is 5.49. The molecule has 0 saturated heterocycles. The lowest BCUT2D eigenvalue weighted by molar-refractivity contribution is -0.111. The number of ether oxygens (including phenoxy) is 1. The Morgan fingerprint density at radius 3 is 2.75 bits per heavy atom. The Bertz CT molecular complexity index is 369. The van der Waals surface area contributed by atoms with Gasteiger partial charge in [-0.2, -0.15) is 0 Å². The lowest BCUT2D eigenvalue weighted by Crippen LogP contribution is -2.05. The molecule has 0 radical (unpaired) electrons. The molecule has 2 nitrogen and oxygen atoms in total. The zero-order chi connectivity index (χ0) is 12.0. The summed E-state index contributed by atoms with van der Waals surface area (Å²) < 4.78 is 5.15. The molecule has 1 rings (SSSR count). The van der Waals surface area contributed by atoms with Crippen molar-refractivity contribution in [2.45, 2.75) is 19.8 Å². The standard InChI is InChI=1S/C14H18O2/c1-4-11(10-15)8-13-6-7-14(16-3)9-12(13)5-2/h5-7,9-11H,2,4,8H2,1,3H3/t11-/m1/s1. The number of benzene rings is 1. The first-order chi connectivity index (χ1) is 7.74. The summed E-state index contributed by atoms with van der Waals surface area (Å²) in [5.74, 6) is 0.907. The van der Waals surface area contributed by atoms with Gasteiger partial charge in [-0.25, -0.2) is 0 Å². The average molecular weight is 218 g/mol. The van der Waals surface area contributed by atoms with E-state index in [1.54, 1.807) is 13.2 Å². The van der Waals surface area contributed by atoms with Crippen molar-refractivity contribution < 1.29 is 9.53 Å². The minimum Gasteiger partial charge on any atom is -0.497 e. The first kappa shape index (κ1) is 12.5. The Hall–Kier alpha value is -1.57. The largest absolute Gasteiger partial charge is 0.497 e. The highest BCUT2D eigenvalue weighted by Crippen LogP contribution is 2.21. The van der Waals surface area contributed by atoms with Crippen LogP contribution in [0.2, 0.25) is 0 Å². The Morgan fingerprint density at radius 2 is 2.25 bits per heavy atom. The molecule has 0 aromatic heterocycles. The number of aldehydes is 1. The maximum atomic E-state index is 10.8. The van der Waals surface area contributed by atoms with Crippen LogP contribution in [-0.2, 0) is 11.2 Å². The first-order valence-corrected chi connectivity index (χ1v) is 5.49. The second kappa shape index (κ2) is 6.11. The molecule has 0 N–H and O–H groups in total. The van der Waals surface area contributed by atoms with Crippen LogP contribution in [0, 0.1) is 5.92 Å². The van der Waals surface area contributed by atoms with Gasteiger partial charge in [0.05, 0.1) is 7.11 Å². The van der Waals surface area contributed by atoms with Crippen LogP contribution >= 0.6 is 0 Å². The highest BCUT2D eigenvalue weighted by Gasteiger charge is 2.09. The Morgan fingerprint density at radius 1 is 1.50 bits per heavy atom. The van der Waals surface area contributed by atoms with Gasteiger partial charge in [0, 0.05) is 5.92 Å². The van der Waals surface area contributed by atoms with Crippen molar-refractivity contribution in [3.63, 3.8) is 0 Å². The molecule has 0 fully saturated rings. The lowest BCUT2D eigenvalue weighted by atomic mass is 9.94. The van der Waals surface area contributed by atoms with Gasteiger partial charge in [-0.15, -0.1) is 0 Å². The maximum Gasteiger partial charge on any atom is 0.123 e. The number of carbonyl (C=O) groups excluding carboxylic acids is 1. The van der Waals surface area contributed by atoms with E-state index in [0.29, 0.717) is 0 Å². The lowest BCUT2D eigenvalue weighted by Gasteiger charge is -2.11. The van der Waals surface area contributed by atoms with Crippen molar-refractivity contribution in [3.8, 4) is 5.75 Å². The highest BCUT2D eigenvalue weighted by atomic mass is 16.5. The summed E-state index contributed by atoms with van der Waals surface area (Å²) >= 11 is 0. The molecule has 1 aromatic rings. The summed E-state index contributed by atoms with van der Waals surface area (Å²) in [6.45, 7) is 5.81. The van der Waals surface area contributed by atoms with Crippen LogP contribution in [0.5, 0.6) is 5.75 Å². The van der Waals surface area contributed by atoms with Gasteiger partial charge in [0.15, 0.2) is 0 Å². The van der Waals surface area contributed by atoms with E-state index in [9.17, 15) is 4.79 Å². The topological polar surface area (TPSA) is 26.3 Å². The van der Waals surface area contributed by atoms with Crippen molar-refractivity contribution in [1.29, 1.82) is 0 Å². The van der Waals surface area contributed by atoms with Crippen LogP contribution < -0.4 is 4.74 Å². The Balaban J connectivity index is 2.94. The summed E-state index contributed by atoms with van der Waals surface area (Å²) in [4.78, 5) is 10.8. The Kier molecular flexibility index (Phi) is 4.77. The molecule has 2 heteroatoms. The van der Waals surface area contributed by atoms with Gasteiger partial charge in [0.2, 0.25) is 0 Å². The predicted molar refractivity (Wildman–Crippen MR) is 66.6 cm³/mol. The van der Waals surface area contributed by atoms with E-state index in [0.717, 1.165) is 36.0 Å². The fraction of sp³-hybridized carbons (Fsp3) is 0.357. The summed E-state index contributed by atoms with van der Waals surface area (Å²) in [5, 5.41) is 0. The fourth-order valence-electron chi connectivity index (χ4n) is 1.65. The molecule has 0 aliphatic carbocycles. The summed E-state index contributed by atoms with van der Waals surface area (Å²) in [6.07, 6.45) is 4.46. The van der Waals surface area contributed by atoms with Crippen molar-refractivity contribution >= 4 is 12.4 Å². The molecule has 0 amide bonds. The van der Waals surface area contributed by atoms with Gasteiger partial charge in [-0.05, 0) is 36.1 Å². The minimum absolute atomic E-state index is 0.0899. The van der Waals surface area contributed by atoms with Crippen LogP contribution in [0.4, 0.5) is 0 Å². The van der Waals surface area contributed by atoms with Gasteiger partial charge < -0.3 is 9.53 Å². The van der Waals surface area contributed by atoms with Crippen molar-refractivity contribution in [1.82, 2.24) is 0 Å². The van der Waals surface area contributed by atoms with Gasteiger partial charge in [0.25, 0.3) is 0 Å². The number of rotatable bonds is 6.